The van der Waals surface area contributed by atoms with Crippen molar-refractivity contribution < 1.29 is 18.4 Å². The van der Waals surface area contributed by atoms with E-state index in [0.29, 0.717) is 28.5 Å². The summed E-state index contributed by atoms with van der Waals surface area (Å²) in [5.74, 6) is -5.11. The van der Waals surface area contributed by atoms with Crippen LogP contribution < -0.4 is 16.4 Å². The maximum Gasteiger partial charge on any atom is 0.267 e. The van der Waals surface area contributed by atoms with Crippen LogP contribution in [-0.4, -0.2) is 37.7 Å². The lowest BCUT2D eigenvalue weighted by Gasteiger charge is -2.09. The Kier molecular flexibility index (Phi) is 5.01. The summed E-state index contributed by atoms with van der Waals surface area (Å²) in [4.78, 5) is 39.7. The van der Waals surface area contributed by atoms with E-state index >= 15 is 0 Å². The second-order valence-corrected chi connectivity index (χ2v) is 7.08. The molecule has 1 aliphatic carbocycles. The molecular formula is C20H17F2N7O2. The van der Waals surface area contributed by atoms with Gasteiger partial charge in [-0.05, 0) is 36.8 Å². The Morgan fingerprint density at radius 1 is 1.16 bits per heavy atom. The minimum Gasteiger partial charge on any atom is -0.364 e. The molecular weight excluding hydrogens is 408 g/mol. The van der Waals surface area contributed by atoms with Crippen LogP contribution in [0.1, 0.15) is 22.5 Å². The van der Waals surface area contributed by atoms with E-state index in [1.54, 1.807) is 31.3 Å². The van der Waals surface area contributed by atoms with Crippen molar-refractivity contribution in [3.63, 3.8) is 0 Å². The molecule has 0 aliphatic heterocycles. The molecule has 3 aromatic rings. The molecule has 9 nitrogen and oxygen atoms in total. The van der Waals surface area contributed by atoms with Crippen molar-refractivity contribution in [2.75, 3.05) is 10.6 Å². The number of anilines is 3. The largest absolute Gasteiger partial charge is 0.364 e. The van der Waals surface area contributed by atoms with E-state index in [0.717, 1.165) is 0 Å². The van der Waals surface area contributed by atoms with Crippen LogP contribution in [0.4, 0.5) is 26.2 Å². The Hall–Kier alpha value is -4.02. The van der Waals surface area contributed by atoms with Crippen molar-refractivity contribution in [2.45, 2.75) is 19.3 Å². The van der Waals surface area contributed by atoms with Gasteiger partial charge in [0, 0.05) is 24.4 Å². The number of primary amides is 1. The summed E-state index contributed by atoms with van der Waals surface area (Å²) in [7, 11) is 0. The van der Waals surface area contributed by atoms with E-state index in [2.05, 4.69) is 30.6 Å². The topological polar surface area (TPSA) is 136 Å². The summed E-state index contributed by atoms with van der Waals surface area (Å²) in [6.45, 7) is 1.71. The molecule has 31 heavy (non-hydrogen) atoms. The number of hydrogen-bond acceptors (Lipinski definition) is 7. The second kappa shape index (κ2) is 7.67. The molecule has 0 aromatic carbocycles. The van der Waals surface area contributed by atoms with Crippen LogP contribution in [0.15, 0.2) is 42.9 Å². The third-order valence-electron chi connectivity index (χ3n) is 4.68. The zero-order valence-electron chi connectivity index (χ0n) is 16.3. The number of amides is 2. The van der Waals surface area contributed by atoms with Crippen LogP contribution in [0, 0.1) is 12.8 Å². The molecule has 2 amide bonds. The normalized spacial score (nSPS) is 16.4. The quantitative estimate of drug-likeness (QED) is 0.552. The highest BCUT2D eigenvalue weighted by atomic mass is 19.3. The minimum absolute atomic E-state index is 0.181. The number of nitrogens with one attached hydrogen (secondary N) is 2. The van der Waals surface area contributed by atoms with Crippen LogP contribution >= 0.6 is 0 Å². The molecule has 1 fully saturated rings. The summed E-state index contributed by atoms with van der Waals surface area (Å²) < 4.78 is 26.0. The van der Waals surface area contributed by atoms with Crippen LogP contribution in [0.3, 0.4) is 0 Å². The second-order valence-electron chi connectivity index (χ2n) is 7.08. The van der Waals surface area contributed by atoms with E-state index in [9.17, 15) is 18.4 Å². The highest BCUT2D eigenvalue weighted by Gasteiger charge is 2.61. The lowest BCUT2D eigenvalue weighted by molar-refractivity contribution is -0.119. The van der Waals surface area contributed by atoms with E-state index in [-0.39, 0.29) is 11.5 Å². The van der Waals surface area contributed by atoms with Gasteiger partial charge < -0.3 is 16.4 Å². The smallest absolute Gasteiger partial charge is 0.267 e. The summed E-state index contributed by atoms with van der Waals surface area (Å²) in [6.07, 6.45) is 4.03. The molecule has 3 heterocycles. The van der Waals surface area contributed by atoms with Gasteiger partial charge in [-0.3, -0.25) is 9.59 Å². The van der Waals surface area contributed by atoms with Crippen molar-refractivity contribution >= 4 is 29.3 Å². The highest BCUT2D eigenvalue weighted by molar-refractivity contribution is 5.94. The lowest BCUT2D eigenvalue weighted by Crippen LogP contribution is -2.18. The van der Waals surface area contributed by atoms with E-state index < -0.39 is 30.1 Å². The number of rotatable bonds is 6. The Morgan fingerprint density at radius 2 is 1.94 bits per heavy atom. The summed E-state index contributed by atoms with van der Waals surface area (Å²) in [5.41, 5.74) is 7.82. The molecule has 1 aliphatic rings. The summed E-state index contributed by atoms with van der Waals surface area (Å²) >= 11 is 0. The fourth-order valence-electron chi connectivity index (χ4n) is 2.94. The Bertz CT molecular complexity index is 1170. The van der Waals surface area contributed by atoms with Gasteiger partial charge in [0.25, 0.3) is 11.8 Å². The van der Waals surface area contributed by atoms with Gasteiger partial charge in [0.15, 0.2) is 0 Å². The van der Waals surface area contributed by atoms with Gasteiger partial charge in [0.05, 0.1) is 17.6 Å². The number of carbonyl (C=O) groups excluding carboxylic acids is 2. The molecule has 0 saturated heterocycles. The van der Waals surface area contributed by atoms with Gasteiger partial charge in [-0.2, -0.15) is 0 Å². The van der Waals surface area contributed by atoms with Crippen LogP contribution in [-0.2, 0) is 4.79 Å². The number of pyridine rings is 2. The third-order valence-corrected chi connectivity index (χ3v) is 4.68. The first-order valence-electron chi connectivity index (χ1n) is 9.24. The van der Waals surface area contributed by atoms with Crippen LogP contribution in [0.2, 0.25) is 0 Å². The van der Waals surface area contributed by atoms with E-state index in [4.69, 9.17) is 5.73 Å². The van der Waals surface area contributed by atoms with Crippen molar-refractivity contribution in [1.29, 1.82) is 0 Å². The number of nitrogens with zero attached hydrogens (tertiary/aromatic N) is 4. The number of nitrogens with two attached hydrogens (primary N) is 1. The lowest BCUT2D eigenvalue weighted by atomic mass is 10.2. The monoisotopic (exact) mass is 425 g/mol. The fraction of sp³-hybridized carbons (Fsp3) is 0.200. The molecule has 0 bridgehead atoms. The molecule has 1 atom stereocenters. The predicted molar refractivity (Wildman–Crippen MR) is 108 cm³/mol. The summed E-state index contributed by atoms with van der Waals surface area (Å²) in [6, 6.07) is 6.54. The van der Waals surface area contributed by atoms with Gasteiger partial charge >= 0.3 is 0 Å². The third kappa shape index (κ3) is 4.44. The fourth-order valence-corrected chi connectivity index (χ4v) is 2.94. The van der Waals surface area contributed by atoms with Crippen molar-refractivity contribution in [3.05, 3.63) is 54.1 Å². The number of carbonyl (C=O) groups is 2. The van der Waals surface area contributed by atoms with Crippen LogP contribution in [0.5, 0.6) is 0 Å². The Morgan fingerprint density at radius 3 is 2.55 bits per heavy atom. The van der Waals surface area contributed by atoms with Gasteiger partial charge in [0.2, 0.25) is 11.9 Å². The number of halogens is 2. The van der Waals surface area contributed by atoms with Gasteiger partial charge in [0.1, 0.15) is 17.4 Å². The number of aryl methyl sites for hydroxylation is 1. The zero-order valence-corrected chi connectivity index (χ0v) is 16.3. The first-order chi connectivity index (χ1) is 14.7. The summed E-state index contributed by atoms with van der Waals surface area (Å²) in [5, 5.41) is 5.39. The molecule has 1 saturated carbocycles. The van der Waals surface area contributed by atoms with Gasteiger partial charge in [-0.15, -0.1) is 0 Å². The molecule has 4 N–H and O–H groups in total. The standard InChI is InChI=1S/C20H17F2N7O2/c1-10-6-12(9-26-16(10)17(23)30)27-19-24-5-4-14(28-19)11-2-3-15(25-8-11)29-18(31)13-7-20(13,21)22/h2-6,8-9,13H,7H2,1H3,(H2,23,30)(H,24,27,28)(H,25,29,31)/t13-/m0/s1. The molecule has 0 spiro atoms. The first-order valence-corrected chi connectivity index (χ1v) is 9.24. The van der Waals surface area contributed by atoms with E-state index in [1.165, 1.54) is 18.5 Å². The molecule has 0 radical (unpaired) electrons. The average Bonchev–Trinajstić information content (AvgIpc) is 3.37. The number of alkyl halides is 2. The molecule has 3 aromatic heterocycles. The number of hydrogen-bond donors (Lipinski definition) is 3. The highest BCUT2D eigenvalue weighted by Crippen LogP contribution is 2.49. The zero-order chi connectivity index (χ0) is 22.2. The van der Waals surface area contributed by atoms with Crippen molar-refractivity contribution in [1.82, 2.24) is 19.9 Å². The molecule has 11 heteroatoms. The Labute approximate surface area is 175 Å². The predicted octanol–water partition coefficient (Wildman–Crippen LogP) is 2.68. The maximum absolute atomic E-state index is 13.0. The molecule has 158 valence electrons. The average molecular weight is 425 g/mol. The maximum atomic E-state index is 13.0. The first kappa shape index (κ1) is 20.3. The van der Waals surface area contributed by atoms with Crippen molar-refractivity contribution in [3.8, 4) is 11.3 Å². The van der Waals surface area contributed by atoms with Gasteiger partial charge in [-0.25, -0.2) is 28.7 Å². The van der Waals surface area contributed by atoms with Crippen LogP contribution in [0.25, 0.3) is 11.3 Å². The molecule has 0 unspecified atom stereocenters. The Balaban J connectivity index is 1.46. The SMILES string of the molecule is Cc1cc(Nc2nccc(-c3ccc(NC(=O)[C@@H]4CC4(F)F)nc3)n2)cnc1C(N)=O. The number of aromatic nitrogens is 4. The molecule has 4 rings (SSSR count). The van der Waals surface area contributed by atoms with Gasteiger partial charge in [-0.1, -0.05) is 0 Å². The van der Waals surface area contributed by atoms with E-state index in [1.807, 2.05) is 0 Å². The minimum atomic E-state index is -2.93. The van der Waals surface area contributed by atoms with Crippen molar-refractivity contribution in [2.24, 2.45) is 11.7 Å².